The Hall–Kier alpha value is -2.14. The predicted octanol–water partition coefficient (Wildman–Crippen LogP) is 2.85. The fourth-order valence-electron chi connectivity index (χ4n) is 3.21. The lowest BCUT2D eigenvalue weighted by molar-refractivity contribution is 0.0696. The van der Waals surface area contributed by atoms with Crippen LogP contribution in [0.15, 0.2) is 36.7 Å². The van der Waals surface area contributed by atoms with E-state index in [1.165, 1.54) is 18.4 Å². The Morgan fingerprint density at radius 1 is 1.41 bits per heavy atom. The van der Waals surface area contributed by atoms with E-state index in [4.69, 9.17) is 5.11 Å². The van der Waals surface area contributed by atoms with E-state index in [-0.39, 0.29) is 0 Å². The predicted molar refractivity (Wildman–Crippen MR) is 83.6 cm³/mol. The molecule has 1 aliphatic rings. The zero-order chi connectivity index (χ0) is 15.5. The number of nitrogens with zero attached hydrogens (tertiary/aromatic N) is 3. The largest absolute Gasteiger partial charge is 0.478 e. The molecule has 1 saturated heterocycles. The van der Waals surface area contributed by atoms with Crippen molar-refractivity contribution >= 4 is 5.97 Å². The summed E-state index contributed by atoms with van der Waals surface area (Å²) in [4.78, 5) is 13.5. The molecule has 5 heteroatoms. The lowest BCUT2D eigenvalue weighted by Crippen LogP contribution is -2.32. The number of hydrogen-bond acceptors (Lipinski definition) is 3. The number of rotatable bonds is 4. The van der Waals surface area contributed by atoms with E-state index < -0.39 is 5.97 Å². The van der Waals surface area contributed by atoms with Gasteiger partial charge in [-0.15, -0.1) is 0 Å². The second-order valence-electron chi connectivity index (χ2n) is 5.93. The molecule has 1 atom stereocenters. The molecular formula is C17H21N3O2. The van der Waals surface area contributed by atoms with Crippen molar-refractivity contribution in [1.29, 1.82) is 0 Å². The fourth-order valence-corrected chi connectivity index (χ4v) is 3.21. The van der Waals surface area contributed by atoms with Gasteiger partial charge in [0.1, 0.15) is 0 Å². The average Bonchev–Trinajstić information content (AvgIpc) is 2.94. The Kier molecular flexibility index (Phi) is 4.24. The smallest absolute Gasteiger partial charge is 0.335 e. The zero-order valence-electron chi connectivity index (χ0n) is 12.8. The van der Waals surface area contributed by atoms with Crippen LogP contribution in [0, 0.1) is 0 Å². The standard InChI is InChI=1S/C17H21N3O2/c1-19-12-15(10-18-19)16-7-2-3-8-20(16)11-13-5-4-6-14(9-13)17(21)22/h4-6,9-10,12,16H,2-3,7-8,11H2,1H3,(H,21,22). The van der Waals surface area contributed by atoms with Gasteiger partial charge in [-0.3, -0.25) is 9.58 Å². The second kappa shape index (κ2) is 6.32. The Morgan fingerprint density at radius 2 is 2.27 bits per heavy atom. The number of carboxylic acid groups (broad SMARTS) is 1. The first-order valence-electron chi connectivity index (χ1n) is 7.68. The molecule has 22 heavy (non-hydrogen) atoms. The molecule has 0 spiro atoms. The van der Waals surface area contributed by atoms with E-state index in [0.29, 0.717) is 11.6 Å². The number of carbonyl (C=O) groups is 1. The number of benzene rings is 1. The van der Waals surface area contributed by atoms with Crippen molar-refractivity contribution in [2.45, 2.75) is 31.8 Å². The fraction of sp³-hybridized carbons (Fsp3) is 0.412. The highest BCUT2D eigenvalue weighted by Crippen LogP contribution is 2.31. The Morgan fingerprint density at radius 3 is 3.00 bits per heavy atom. The highest BCUT2D eigenvalue weighted by Gasteiger charge is 2.25. The molecule has 5 nitrogen and oxygen atoms in total. The molecule has 2 heterocycles. The summed E-state index contributed by atoms with van der Waals surface area (Å²) in [7, 11) is 1.94. The highest BCUT2D eigenvalue weighted by atomic mass is 16.4. The summed E-state index contributed by atoms with van der Waals surface area (Å²) in [5, 5.41) is 13.4. The third-order valence-corrected chi connectivity index (χ3v) is 4.28. The molecule has 3 rings (SSSR count). The van der Waals surface area contributed by atoms with Gasteiger partial charge in [-0.05, 0) is 37.1 Å². The van der Waals surface area contributed by atoms with E-state index in [2.05, 4.69) is 16.2 Å². The van der Waals surface area contributed by atoms with Crippen molar-refractivity contribution in [2.75, 3.05) is 6.54 Å². The van der Waals surface area contributed by atoms with Crippen molar-refractivity contribution in [2.24, 2.45) is 7.05 Å². The number of hydrogen-bond donors (Lipinski definition) is 1. The average molecular weight is 299 g/mol. The van der Waals surface area contributed by atoms with Gasteiger partial charge in [0.05, 0.1) is 11.8 Å². The molecule has 0 amide bonds. The Labute approximate surface area is 130 Å². The summed E-state index contributed by atoms with van der Waals surface area (Å²) in [5.41, 5.74) is 2.65. The van der Waals surface area contributed by atoms with E-state index in [1.54, 1.807) is 12.1 Å². The summed E-state index contributed by atoms with van der Waals surface area (Å²) in [6.07, 6.45) is 7.57. The Bertz CT molecular complexity index is 665. The summed E-state index contributed by atoms with van der Waals surface area (Å²) in [5.74, 6) is -0.871. The van der Waals surface area contributed by atoms with Crippen molar-refractivity contribution in [3.05, 3.63) is 53.3 Å². The molecule has 1 N–H and O–H groups in total. The van der Waals surface area contributed by atoms with Crippen LogP contribution in [0.25, 0.3) is 0 Å². The van der Waals surface area contributed by atoms with Gasteiger partial charge in [0.15, 0.2) is 0 Å². The first-order valence-corrected chi connectivity index (χ1v) is 7.68. The first-order chi connectivity index (χ1) is 10.6. The highest BCUT2D eigenvalue weighted by molar-refractivity contribution is 5.87. The molecule has 1 aromatic heterocycles. The van der Waals surface area contributed by atoms with Crippen LogP contribution in [-0.2, 0) is 13.6 Å². The number of aromatic carboxylic acids is 1. The van der Waals surface area contributed by atoms with Gasteiger partial charge in [0, 0.05) is 31.4 Å². The Balaban J connectivity index is 1.79. The summed E-state index contributed by atoms with van der Waals surface area (Å²) in [6.45, 7) is 1.82. The SMILES string of the molecule is Cn1cc(C2CCCCN2Cc2cccc(C(=O)O)c2)cn1. The number of aromatic nitrogens is 2. The minimum Gasteiger partial charge on any atom is -0.478 e. The summed E-state index contributed by atoms with van der Waals surface area (Å²) >= 11 is 0. The number of likely N-dealkylation sites (tertiary alicyclic amines) is 1. The van der Waals surface area contributed by atoms with Crippen LogP contribution in [0.1, 0.15) is 46.8 Å². The van der Waals surface area contributed by atoms with Crippen LogP contribution in [0.5, 0.6) is 0 Å². The maximum absolute atomic E-state index is 11.1. The molecule has 0 aliphatic carbocycles. The molecule has 1 aromatic carbocycles. The maximum atomic E-state index is 11.1. The minimum absolute atomic E-state index is 0.354. The maximum Gasteiger partial charge on any atom is 0.335 e. The molecule has 1 fully saturated rings. The van der Waals surface area contributed by atoms with Gasteiger partial charge >= 0.3 is 5.97 Å². The first kappa shape index (κ1) is 14.8. The van der Waals surface area contributed by atoms with Crippen LogP contribution in [0.4, 0.5) is 0 Å². The third kappa shape index (κ3) is 3.20. The van der Waals surface area contributed by atoms with E-state index >= 15 is 0 Å². The van der Waals surface area contributed by atoms with E-state index in [1.807, 2.05) is 30.1 Å². The molecule has 0 radical (unpaired) electrons. The van der Waals surface area contributed by atoms with Crippen molar-refractivity contribution in [3.63, 3.8) is 0 Å². The number of carboxylic acids is 1. The van der Waals surface area contributed by atoms with Crippen molar-refractivity contribution in [1.82, 2.24) is 14.7 Å². The normalized spacial score (nSPS) is 19.2. The van der Waals surface area contributed by atoms with Gasteiger partial charge in [-0.25, -0.2) is 4.79 Å². The molecule has 116 valence electrons. The molecule has 0 saturated carbocycles. The number of aryl methyl sites for hydroxylation is 1. The molecular weight excluding hydrogens is 278 g/mol. The molecule has 2 aromatic rings. The second-order valence-corrected chi connectivity index (χ2v) is 5.93. The van der Waals surface area contributed by atoms with Crippen LogP contribution >= 0.6 is 0 Å². The number of piperidine rings is 1. The van der Waals surface area contributed by atoms with Gasteiger partial charge in [0.25, 0.3) is 0 Å². The molecule has 0 bridgehead atoms. The van der Waals surface area contributed by atoms with Crippen LogP contribution in [0.3, 0.4) is 0 Å². The summed E-state index contributed by atoms with van der Waals surface area (Å²) in [6, 6.07) is 7.61. The quantitative estimate of drug-likeness (QED) is 0.943. The zero-order valence-corrected chi connectivity index (χ0v) is 12.8. The van der Waals surface area contributed by atoms with Crippen molar-refractivity contribution < 1.29 is 9.90 Å². The third-order valence-electron chi connectivity index (χ3n) is 4.28. The van der Waals surface area contributed by atoms with E-state index in [9.17, 15) is 4.79 Å². The van der Waals surface area contributed by atoms with Crippen LogP contribution in [0.2, 0.25) is 0 Å². The van der Waals surface area contributed by atoms with Crippen LogP contribution < -0.4 is 0 Å². The van der Waals surface area contributed by atoms with Gasteiger partial charge in [-0.2, -0.15) is 5.10 Å². The summed E-state index contributed by atoms with van der Waals surface area (Å²) < 4.78 is 1.84. The van der Waals surface area contributed by atoms with Crippen molar-refractivity contribution in [3.8, 4) is 0 Å². The van der Waals surface area contributed by atoms with Crippen LogP contribution in [-0.4, -0.2) is 32.3 Å². The van der Waals surface area contributed by atoms with Gasteiger partial charge in [-0.1, -0.05) is 18.6 Å². The topological polar surface area (TPSA) is 58.4 Å². The monoisotopic (exact) mass is 299 g/mol. The lowest BCUT2D eigenvalue weighted by atomic mass is 9.96. The molecule has 1 aliphatic heterocycles. The van der Waals surface area contributed by atoms with E-state index in [0.717, 1.165) is 25.1 Å². The lowest BCUT2D eigenvalue weighted by Gasteiger charge is -2.35. The van der Waals surface area contributed by atoms with Gasteiger partial charge < -0.3 is 5.11 Å². The minimum atomic E-state index is -0.871. The molecule has 1 unspecified atom stereocenters. The van der Waals surface area contributed by atoms with Gasteiger partial charge in [0.2, 0.25) is 0 Å².